The van der Waals surface area contributed by atoms with Crippen molar-refractivity contribution in [2.75, 3.05) is 93.0 Å². The number of quaternary nitrogens is 2. The number of hydrogen-bond donors (Lipinski definition) is 4. The number of rotatable bonds is 46. The van der Waals surface area contributed by atoms with Crippen LogP contribution in [0.5, 0.6) is 0 Å². The molecule has 0 saturated heterocycles. The summed E-state index contributed by atoms with van der Waals surface area (Å²) in [6, 6.07) is 0. The highest BCUT2D eigenvalue weighted by Gasteiger charge is 2.22. The predicted octanol–water partition coefficient (Wildman–Crippen LogP) is 9.11. The van der Waals surface area contributed by atoms with E-state index in [-0.39, 0.29) is 38.4 Å². The van der Waals surface area contributed by atoms with Crippen LogP contribution in [-0.4, -0.2) is 152 Å². The Labute approximate surface area is 399 Å². The van der Waals surface area contributed by atoms with Gasteiger partial charge in [0.2, 0.25) is 0 Å². The molecule has 0 spiro atoms. The SMILES string of the molecule is CCCCCCCCCCCCCCCCCC(=O)OCC[N+](C)(CCO)CCO.CCCCCCCCCCCCCCCCCC(=O)OCC[N+](C)(CCO)CCO.O=S(=O)([O-])[O-]. The van der Waals surface area contributed by atoms with Gasteiger partial charge in [-0.1, -0.05) is 194 Å². The molecule has 0 amide bonds. The molecule has 65 heavy (non-hydrogen) atoms. The van der Waals surface area contributed by atoms with Crippen LogP contribution >= 0.6 is 0 Å². The molecular formula is C50H104N2O12S. The highest BCUT2D eigenvalue weighted by atomic mass is 32.3. The highest BCUT2D eigenvalue weighted by molar-refractivity contribution is 7.79. The van der Waals surface area contributed by atoms with E-state index in [9.17, 15) is 9.59 Å². The van der Waals surface area contributed by atoms with E-state index in [0.29, 0.717) is 74.3 Å². The number of likely N-dealkylation sites (N-methyl/N-ethyl adjacent to an activating group) is 2. The normalized spacial score (nSPS) is 11.7. The Balaban J connectivity index is -0.00000107. The Kier molecular flexibility index (Phi) is 52.6. The van der Waals surface area contributed by atoms with Crippen LogP contribution in [0, 0.1) is 0 Å². The molecular weight excluding hydrogens is 853 g/mol. The second-order valence-corrected chi connectivity index (χ2v) is 19.5. The van der Waals surface area contributed by atoms with Gasteiger partial charge in [-0.05, 0) is 12.8 Å². The first-order chi connectivity index (χ1) is 31.2. The Morgan fingerprint density at radius 2 is 0.569 bits per heavy atom. The number of carbonyl (C=O) groups excluding carboxylic acids is 2. The van der Waals surface area contributed by atoms with Crippen molar-refractivity contribution in [3.8, 4) is 0 Å². The molecule has 0 aromatic heterocycles. The predicted molar refractivity (Wildman–Crippen MR) is 261 cm³/mol. The highest BCUT2D eigenvalue weighted by Crippen LogP contribution is 2.16. The van der Waals surface area contributed by atoms with E-state index in [2.05, 4.69) is 13.8 Å². The maximum absolute atomic E-state index is 11.9. The molecule has 0 fully saturated rings. The minimum atomic E-state index is -5.17. The van der Waals surface area contributed by atoms with Crippen LogP contribution in [0.3, 0.4) is 0 Å². The minimum absolute atomic E-state index is 0.0730. The van der Waals surface area contributed by atoms with Gasteiger partial charge in [-0.25, -0.2) is 0 Å². The Morgan fingerprint density at radius 3 is 0.754 bits per heavy atom. The van der Waals surface area contributed by atoms with Gasteiger partial charge in [0.05, 0.1) is 40.5 Å². The van der Waals surface area contributed by atoms with Crippen LogP contribution in [0.15, 0.2) is 0 Å². The lowest BCUT2D eigenvalue weighted by molar-refractivity contribution is -0.910. The molecule has 0 aliphatic rings. The van der Waals surface area contributed by atoms with Gasteiger partial charge in [0, 0.05) is 23.2 Å². The maximum atomic E-state index is 11.9. The summed E-state index contributed by atoms with van der Waals surface area (Å²) >= 11 is 0. The quantitative estimate of drug-likeness (QED) is 0.0148. The van der Waals surface area contributed by atoms with Crippen LogP contribution in [-0.2, 0) is 29.5 Å². The second-order valence-electron chi connectivity index (χ2n) is 18.7. The summed E-state index contributed by atoms with van der Waals surface area (Å²) in [5.41, 5.74) is 0. The van der Waals surface area contributed by atoms with Crippen molar-refractivity contribution in [2.45, 2.75) is 219 Å². The van der Waals surface area contributed by atoms with Gasteiger partial charge in [-0.15, -0.1) is 0 Å². The second kappa shape index (κ2) is 50.4. The monoisotopic (exact) mass is 957 g/mol. The van der Waals surface area contributed by atoms with Crippen LogP contribution in [0.2, 0.25) is 0 Å². The van der Waals surface area contributed by atoms with Crippen LogP contribution in [0.25, 0.3) is 0 Å². The number of aliphatic hydroxyl groups excluding tert-OH is 4. The fourth-order valence-electron chi connectivity index (χ4n) is 7.82. The van der Waals surface area contributed by atoms with Crippen molar-refractivity contribution in [3.63, 3.8) is 0 Å². The van der Waals surface area contributed by atoms with Crippen LogP contribution < -0.4 is 0 Å². The fourth-order valence-corrected chi connectivity index (χ4v) is 7.82. The number of ether oxygens (including phenoxy) is 2. The van der Waals surface area contributed by atoms with Crippen molar-refractivity contribution >= 4 is 22.3 Å². The van der Waals surface area contributed by atoms with Gasteiger partial charge in [0.25, 0.3) is 0 Å². The lowest BCUT2D eigenvalue weighted by atomic mass is 10.0. The lowest BCUT2D eigenvalue weighted by Gasteiger charge is -2.33. The number of hydrogen-bond acceptors (Lipinski definition) is 12. The molecule has 0 atom stereocenters. The first-order valence-electron chi connectivity index (χ1n) is 26.2. The largest absolute Gasteiger partial charge is 0.759 e. The molecule has 0 aliphatic carbocycles. The third kappa shape index (κ3) is 58.6. The molecule has 0 heterocycles. The Hall–Kier alpha value is -1.43. The molecule has 0 aromatic carbocycles. The van der Waals surface area contributed by atoms with Crippen LogP contribution in [0.4, 0.5) is 0 Å². The number of unbranched alkanes of at least 4 members (excludes halogenated alkanes) is 28. The van der Waals surface area contributed by atoms with Gasteiger partial charge in [0.1, 0.15) is 52.5 Å². The van der Waals surface area contributed by atoms with Crippen molar-refractivity contribution in [3.05, 3.63) is 0 Å². The zero-order valence-electron chi connectivity index (χ0n) is 42.5. The summed E-state index contributed by atoms with van der Waals surface area (Å²) in [5.74, 6) is -0.242. The number of aliphatic hydroxyl groups is 4. The summed E-state index contributed by atoms with van der Waals surface area (Å²) in [7, 11) is -1.23. The molecule has 0 saturated carbocycles. The zero-order valence-corrected chi connectivity index (χ0v) is 43.3. The third-order valence-corrected chi connectivity index (χ3v) is 12.3. The van der Waals surface area contributed by atoms with E-state index in [1.165, 1.54) is 167 Å². The smallest absolute Gasteiger partial charge is 0.305 e. The lowest BCUT2D eigenvalue weighted by Crippen LogP contribution is -2.50. The number of nitrogens with zero attached hydrogens (tertiary/aromatic N) is 2. The minimum Gasteiger partial charge on any atom is -0.759 e. The van der Waals surface area contributed by atoms with Gasteiger partial charge < -0.3 is 48.0 Å². The van der Waals surface area contributed by atoms with Gasteiger partial charge >= 0.3 is 11.9 Å². The zero-order chi connectivity index (χ0) is 49.2. The summed E-state index contributed by atoms with van der Waals surface area (Å²) < 4.78 is 45.8. The fraction of sp³-hybridized carbons (Fsp3) is 0.960. The van der Waals surface area contributed by atoms with E-state index in [0.717, 1.165) is 25.7 Å². The van der Waals surface area contributed by atoms with Crippen molar-refractivity contribution in [1.29, 1.82) is 0 Å². The summed E-state index contributed by atoms with van der Waals surface area (Å²) in [5, 5.41) is 36.5. The maximum Gasteiger partial charge on any atom is 0.305 e. The average molecular weight is 957 g/mol. The molecule has 14 nitrogen and oxygen atoms in total. The summed E-state index contributed by atoms with van der Waals surface area (Å²) in [6.45, 7) is 9.07. The topological polar surface area (TPSA) is 214 Å². The van der Waals surface area contributed by atoms with Crippen LogP contribution in [0.1, 0.15) is 219 Å². The van der Waals surface area contributed by atoms with E-state index in [4.69, 9.17) is 47.4 Å². The van der Waals surface area contributed by atoms with Gasteiger partial charge in [-0.2, -0.15) is 0 Å². The molecule has 15 heteroatoms. The molecule has 0 aliphatic heterocycles. The first kappa shape index (κ1) is 67.8. The summed E-state index contributed by atoms with van der Waals surface area (Å²) in [4.78, 5) is 23.7. The van der Waals surface area contributed by atoms with Crippen molar-refractivity contribution in [2.24, 2.45) is 0 Å². The van der Waals surface area contributed by atoms with Crippen molar-refractivity contribution < 1.29 is 66.0 Å². The molecule has 0 aromatic rings. The molecule has 4 N–H and O–H groups in total. The summed E-state index contributed by atoms with van der Waals surface area (Å²) in [6.07, 6.45) is 40.6. The number of esters is 2. The van der Waals surface area contributed by atoms with E-state index < -0.39 is 10.4 Å². The molecule has 392 valence electrons. The van der Waals surface area contributed by atoms with Crippen molar-refractivity contribution in [1.82, 2.24) is 0 Å². The molecule has 0 unspecified atom stereocenters. The average Bonchev–Trinajstić information content (AvgIpc) is 3.23. The third-order valence-electron chi connectivity index (χ3n) is 12.3. The van der Waals surface area contributed by atoms with Gasteiger partial charge in [-0.3, -0.25) is 18.0 Å². The Morgan fingerprint density at radius 1 is 0.385 bits per heavy atom. The molecule has 0 radical (unpaired) electrons. The van der Waals surface area contributed by atoms with E-state index in [1.54, 1.807) is 0 Å². The van der Waals surface area contributed by atoms with E-state index >= 15 is 0 Å². The van der Waals surface area contributed by atoms with Gasteiger partial charge in [0.15, 0.2) is 0 Å². The first-order valence-corrected chi connectivity index (χ1v) is 27.6. The Bertz CT molecular complexity index is 1030. The van der Waals surface area contributed by atoms with E-state index in [1.807, 2.05) is 14.1 Å². The molecule has 0 bridgehead atoms. The molecule has 0 rings (SSSR count). The standard InChI is InChI=1S/2C25H52NO4.H2O4S/c2*1-3-4-5-6-7-8-9-10-11-12-13-14-15-16-17-18-25(29)30-24-21-26(2,19-22-27)20-23-28;1-5(2,3)4/h2*27-28H,3-24H2,1-2H3;(H2,1,2,3,4)/q2*+1;/p-2. The number of carbonyl (C=O) groups is 2.